The van der Waals surface area contributed by atoms with Gasteiger partial charge in [-0.05, 0) is 13.0 Å². The summed E-state index contributed by atoms with van der Waals surface area (Å²) in [4.78, 5) is 38.4. The van der Waals surface area contributed by atoms with Crippen LogP contribution < -0.4 is 10.6 Å². The zero-order valence-corrected chi connectivity index (χ0v) is 12.7. The normalized spacial score (nSPS) is 16.2. The van der Waals surface area contributed by atoms with Crippen LogP contribution in [0.5, 0.6) is 0 Å². The molecular formula is C14H14N6O4. The van der Waals surface area contributed by atoms with Crippen molar-refractivity contribution in [3.05, 3.63) is 40.2 Å². The molecule has 0 radical (unpaired) electrons. The molecule has 1 atom stereocenters. The van der Waals surface area contributed by atoms with Gasteiger partial charge in [-0.1, -0.05) is 6.07 Å². The highest BCUT2D eigenvalue weighted by Gasteiger charge is 2.30. The minimum Gasteiger partial charge on any atom is -0.326 e. The van der Waals surface area contributed by atoms with E-state index in [0.717, 1.165) is 0 Å². The minimum atomic E-state index is -0.586. The Morgan fingerprint density at radius 3 is 3.08 bits per heavy atom. The Balaban J connectivity index is 1.66. The first-order valence-corrected chi connectivity index (χ1v) is 7.19. The summed E-state index contributed by atoms with van der Waals surface area (Å²) >= 11 is 0. The zero-order chi connectivity index (χ0) is 17.3. The molecule has 2 N–H and O–H groups in total. The van der Waals surface area contributed by atoms with E-state index in [2.05, 4.69) is 20.7 Å². The molecule has 0 spiro atoms. The van der Waals surface area contributed by atoms with Crippen LogP contribution in [0.1, 0.15) is 12.2 Å². The number of fused-ring (bicyclic) bond motifs is 1. The van der Waals surface area contributed by atoms with Crippen LogP contribution in [-0.2, 0) is 16.1 Å². The fourth-order valence-corrected chi connectivity index (χ4v) is 2.47. The Morgan fingerprint density at radius 2 is 2.33 bits per heavy atom. The Labute approximate surface area is 136 Å². The lowest BCUT2D eigenvalue weighted by molar-refractivity contribution is -0.384. The summed E-state index contributed by atoms with van der Waals surface area (Å²) in [5.74, 6) is -0.392. The third kappa shape index (κ3) is 3.21. The number of non-ortho nitro benzene ring substituents is 1. The Kier molecular flexibility index (Phi) is 3.94. The van der Waals surface area contributed by atoms with Crippen molar-refractivity contribution in [1.29, 1.82) is 0 Å². The van der Waals surface area contributed by atoms with E-state index in [0.29, 0.717) is 17.5 Å². The predicted octanol–water partition coefficient (Wildman–Crippen LogP) is 1.09. The highest BCUT2D eigenvalue weighted by Crippen LogP contribution is 2.21. The maximum Gasteiger partial charge on any atom is 0.271 e. The molecule has 3 rings (SSSR count). The van der Waals surface area contributed by atoms with Gasteiger partial charge in [0.05, 0.1) is 17.4 Å². The number of aromatic nitrogens is 3. The van der Waals surface area contributed by atoms with Gasteiger partial charge in [0.15, 0.2) is 0 Å². The van der Waals surface area contributed by atoms with Gasteiger partial charge in [0.1, 0.15) is 5.82 Å². The van der Waals surface area contributed by atoms with Crippen molar-refractivity contribution < 1.29 is 14.5 Å². The van der Waals surface area contributed by atoms with Gasteiger partial charge in [0, 0.05) is 24.2 Å². The number of amides is 2. The smallest absolute Gasteiger partial charge is 0.271 e. The number of nitro groups is 1. The van der Waals surface area contributed by atoms with Crippen molar-refractivity contribution in [2.45, 2.75) is 19.9 Å². The first-order chi connectivity index (χ1) is 11.4. The molecule has 0 saturated carbocycles. The molecule has 1 aromatic carbocycles. The highest BCUT2D eigenvalue weighted by atomic mass is 16.6. The van der Waals surface area contributed by atoms with Crippen LogP contribution in [0.2, 0.25) is 0 Å². The van der Waals surface area contributed by atoms with Crippen LogP contribution in [0.3, 0.4) is 0 Å². The average Bonchev–Trinajstić information content (AvgIpc) is 2.86. The molecule has 24 heavy (non-hydrogen) atoms. The van der Waals surface area contributed by atoms with Gasteiger partial charge in [-0.25, -0.2) is 4.68 Å². The summed E-state index contributed by atoms with van der Waals surface area (Å²) in [6.45, 7) is 1.96. The molecule has 124 valence electrons. The number of nitrogens with one attached hydrogen (secondary N) is 2. The molecule has 1 aliphatic rings. The molecule has 2 aromatic rings. The van der Waals surface area contributed by atoms with E-state index in [1.165, 1.54) is 18.2 Å². The third-order valence-corrected chi connectivity index (χ3v) is 3.55. The standard InChI is InChI=1S/C14H14N6O4/c1-8-15-14-17-13(22)9(7-19(14)18-8)5-12(21)16-10-3-2-4-11(6-10)20(23)24/h2-4,6,9H,5,7H2,1H3,(H,16,21)(H,15,17,18,22). The first kappa shape index (κ1) is 15.6. The number of nitro benzene ring substituents is 1. The number of carbonyl (C=O) groups excluding carboxylic acids is 2. The van der Waals surface area contributed by atoms with Crippen LogP contribution in [0.25, 0.3) is 0 Å². The molecule has 1 aliphatic heterocycles. The number of benzene rings is 1. The van der Waals surface area contributed by atoms with Crippen molar-refractivity contribution in [1.82, 2.24) is 14.8 Å². The van der Waals surface area contributed by atoms with Crippen LogP contribution in [0, 0.1) is 23.0 Å². The molecule has 1 aromatic heterocycles. The quantitative estimate of drug-likeness (QED) is 0.637. The average molecular weight is 330 g/mol. The number of rotatable bonds is 4. The van der Waals surface area contributed by atoms with E-state index >= 15 is 0 Å². The molecule has 10 heteroatoms. The van der Waals surface area contributed by atoms with Gasteiger partial charge in [-0.2, -0.15) is 10.1 Å². The predicted molar refractivity (Wildman–Crippen MR) is 83.2 cm³/mol. The fraction of sp³-hybridized carbons (Fsp3) is 0.286. The van der Waals surface area contributed by atoms with Gasteiger partial charge in [0.25, 0.3) is 5.69 Å². The summed E-state index contributed by atoms with van der Waals surface area (Å²) in [5, 5.41) is 20.1. The highest BCUT2D eigenvalue weighted by molar-refractivity contribution is 5.98. The molecule has 0 saturated heterocycles. The molecule has 2 heterocycles. The lowest BCUT2D eigenvalue weighted by atomic mass is 10.0. The number of anilines is 2. The van der Waals surface area contributed by atoms with Crippen molar-refractivity contribution in [3.8, 4) is 0 Å². The van der Waals surface area contributed by atoms with Gasteiger partial charge in [-0.3, -0.25) is 25.0 Å². The molecule has 1 unspecified atom stereocenters. The summed E-state index contributed by atoms with van der Waals surface area (Å²) < 4.78 is 1.54. The zero-order valence-electron chi connectivity index (χ0n) is 12.7. The number of carbonyl (C=O) groups is 2. The van der Waals surface area contributed by atoms with Gasteiger partial charge < -0.3 is 5.32 Å². The van der Waals surface area contributed by atoms with E-state index < -0.39 is 16.7 Å². The molecule has 0 aliphatic carbocycles. The first-order valence-electron chi connectivity index (χ1n) is 7.19. The second-order valence-electron chi connectivity index (χ2n) is 5.41. The van der Waals surface area contributed by atoms with E-state index in [1.807, 2.05) is 0 Å². The van der Waals surface area contributed by atoms with Crippen molar-refractivity contribution in [3.63, 3.8) is 0 Å². The van der Waals surface area contributed by atoms with E-state index in [9.17, 15) is 19.7 Å². The van der Waals surface area contributed by atoms with Crippen LogP contribution in [0.4, 0.5) is 17.3 Å². The fourth-order valence-electron chi connectivity index (χ4n) is 2.47. The molecule has 10 nitrogen and oxygen atoms in total. The third-order valence-electron chi connectivity index (χ3n) is 3.55. The van der Waals surface area contributed by atoms with Gasteiger partial charge in [-0.15, -0.1) is 0 Å². The SMILES string of the molecule is Cc1nc2n(n1)CC(CC(=O)Nc1cccc([N+](=O)[O-])c1)C(=O)N2. The van der Waals surface area contributed by atoms with E-state index in [1.54, 1.807) is 17.7 Å². The Morgan fingerprint density at radius 1 is 1.54 bits per heavy atom. The van der Waals surface area contributed by atoms with Crippen molar-refractivity contribution >= 4 is 29.1 Å². The maximum atomic E-state index is 12.1. The molecule has 0 fully saturated rings. The number of hydrogen-bond acceptors (Lipinski definition) is 6. The maximum absolute atomic E-state index is 12.1. The monoisotopic (exact) mass is 330 g/mol. The topological polar surface area (TPSA) is 132 Å². The summed E-state index contributed by atoms with van der Waals surface area (Å²) in [5.41, 5.74) is 0.189. The summed E-state index contributed by atoms with van der Waals surface area (Å²) in [6, 6.07) is 5.62. The van der Waals surface area contributed by atoms with Crippen LogP contribution >= 0.6 is 0 Å². The number of hydrogen-bond donors (Lipinski definition) is 2. The summed E-state index contributed by atoms with van der Waals surface area (Å²) in [7, 11) is 0. The Bertz CT molecular complexity index is 830. The minimum absolute atomic E-state index is 0.0626. The second-order valence-corrected chi connectivity index (χ2v) is 5.41. The lowest BCUT2D eigenvalue weighted by Gasteiger charge is -2.21. The Hall–Kier alpha value is -3.30. The van der Waals surface area contributed by atoms with Crippen molar-refractivity contribution in [2.75, 3.05) is 10.6 Å². The van der Waals surface area contributed by atoms with Gasteiger partial charge >= 0.3 is 0 Å². The van der Waals surface area contributed by atoms with Crippen LogP contribution in [0.15, 0.2) is 24.3 Å². The number of aryl methyl sites for hydroxylation is 1. The van der Waals surface area contributed by atoms with E-state index in [4.69, 9.17) is 0 Å². The molecule has 0 bridgehead atoms. The molecule has 2 amide bonds. The van der Waals surface area contributed by atoms with E-state index in [-0.39, 0.29) is 24.6 Å². The number of nitrogens with zero attached hydrogens (tertiary/aromatic N) is 4. The lowest BCUT2D eigenvalue weighted by Crippen LogP contribution is -2.36. The molecular weight excluding hydrogens is 316 g/mol. The van der Waals surface area contributed by atoms with Gasteiger partial charge in [0.2, 0.25) is 17.8 Å². The second kappa shape index (κ2) is 6.07. The largest absolute Gasteiger partial charge is 0.326 e. The summed E-state index contributed by atoms with van der Waals surface area (Å²) in [6.07, 6.45) is -0.0626. The van der Waals surface area contributed by atoms with Crippen molar-refractivity contribution in [2.24, 2.45) is 5.92 Å². The van der Waals surface area contributed by atoms with Crippen LogP contribution in [-0.4, -0.2) is 31.5 Å².